The second-order valence-electron chi connectivity index (χ2n) is 6.41. The van der Waals surface area contributed by atoms with Crippen molar-refractivity contribution in [2.24, 2.45) is 0 Å². The molecule has 0 fully saturated rings. The minimum atomic E-state index is -0.173. The number of carbonyl (C=O) groups is 1. The number of ketones is 1. The van der Waals surface area contributed by atoms with Gasteiger partial charge in [0.25, 0.3) is 0 Å². The first-order valence-corrected chi connectivity index (χ1v) is 8.61. The molecule has 2 heterocycles. The molecule has 0 radical (unpaired) electrons. The molecule has 4 aromatic rings. The summed E-state index contributed by atoms with van der Waals surface area (Å²) in [6.45, 7) is 0. The zero-order valence-corrected chi connectivity index (χ0v) is 15.4. The maximum atomic E-state index is 13.3. The normalized spacial score (nSPS) is 10.6. The molecule has 0 saturated carbocycles. The number of nitriles is 1. The van der Waals surface area contributed by atoms with Crippen molar-refractivity contribution in [3.63, 3.8) is 0 Å². The van der Waals surface area contributed by atoms with E-state index in [0.29, 0.717) is 34.2 Å². The summed E-state index contributed by atoms with van der Waals surface area (Å²) in [5.74, 6) is 0.716. The number of hydrogen-bond donors (Lipinski definition) is 0. The third kappa shape index (κ3) is 2.97. The minimum Gasteiger partial charge on any atom is -0.347 e. The highest BCUT2D eigenvalue weighted by Crippen LogP contribution is 2.27. The molecule has 0 amide bonds. The summed E-state index contributed by atoms with van der Waals surface area (Å²) in [5.41, 5.74) is 2.71. The van der Waals surface area contributed by atoms with Crippen LogP contribution in [-0.2, 0) is 0 Å². The Hall–Kier alpha value is -4.05. The van der Waals surface area contributed by atoms with Crippen molar-refractivity contribution in [1.82, 2.24) is 19.4 Å². The maximum absolute atomic E-state index is 13.3. The van der Waals surface area contributed by atoms with Crippen LogP contribution in [0.3, 0.4) is 0 Å². The number of carbonyl (C=O) groups excluding carboxylic acids is 1. The molecule has 0 spiro atoms. The largest absolute Gasteiger partial charge is 0.347 e. The van der Waals surface area contributed by atoms with Gasteiger partial charge < -0.3 is 4.90 Å². The van der Waals surface area contributed by atoms with E-state index in [9.17, 15) is 4.79 Å². The number of aromatic nitrogens is 4. The van der Waals surface area contributed by atoms with Crippen LogP contribution in [0.4, 0.5) is 5.95 Å². The average molecular weight is 368 g/mol. The summed E-state index contributed by atoms with van der Waals surface area (Å²) < 4.78 is 1.61. The fraction of sp³-hybridized carbons (Fsp3) is 0.0952. The molecule has 2 aromatic heterocycles. The molecule has 7 nitrogen and oxygen atoms in total. The number of imidazole rings is 1. The molecule has 0 atom stereocenters. The predicted octanol–water partition coefficient (Wildman–Crippen LogP) is 2.96. The van der Waals surface area contributed by atoms with Gasteiger partial charge in [0.15, 0.2) is 0 Å². The molecule has 0 aliphatic carbocycles. The van der Waals surface area contributed by atoms with Gasteiger partial charge in [-0.15, -0.1) is 0 Å². The van der Waals surface area contributed by atoms with Gasteiger partial charge in [-0.3, -0.25) is 9.20 Å². The Labute approximate surface area is 161 Å². The molecule has 0 aliphatic heterocycles. The van der Waals surface area contributed by atoms with Gasteiger partial charge in [-0.05, 0) is 12.1 Å². The smallest absolute Gasteiger partial charge is 0.239 e. The lowest BCUT2D eigenvalue weighted by Crippen LogP contribution is -2.14. The third-order valence-electron chi connectivity index (χ3n) is 4.32. The monoisotopic (exact) mass is 368 g/mol. The fourth-order valence-corrected chi connectivity index (χ4v) is 2.90. The van der Waals surface area contributed by atoms with Crippen molar-refractivity contribution in [1.29, 1.82) is 5.26 Å². The Morgan fingerprint density at radius 3 is 2.39 bits per heavy atom. The first-order valence-electron chi connectivity index (χ1n) is 8.61. The number of benzene rings is 2. The molecular formula is C21H16N6O. The molecule has 2 aromatic carbocycles. The first kappa shape index (κ1) is 17.4. The molecule has 0 unspecified atom stereocenters. The highest BCUT2D eigenvalue weighted by Gasteiger charge is 2.23. The van der Waals surface area contributed by atoms with Crippen LogP contribution < -0.4 is 4.90 Å². The summed E-state index contributed by atoms with van der Waals surface area (Å²) >= 11 is 0. The lowest BCUT2D eigenvalue weighted by molar-refractivity contribution is 0.103. The second kappa shape index (κ2) is 6.93. The summed E-state index contributed by atoms with van der Waals surface area (Å²) in [7, 11) is 3.68. The van der Waals surface area contributed by atoms with E-state index in [2.05, 4.69) is 21.0 Å². The van der Waals surface area contributed by atoms with Crippen molar-refractivity contribution in [3.05, 3.63) is 77.7 Å². The molecule has 0 aliphatic rings. The van der Waals surface area contributed by atoms with Gasteiger partial charge in [0.05, 0.1) is 11.6 Å². The summed E-state index contributed by atoms with van der Waals surface area (Å²) in [6.07, 6.45) is 1.56. The maximum Gasteiger partial charge on any atom is 0.239 e. The number of nitrogens with zero attached hydrogens (tertiary/aromatic N) is 6. The highest BCUT2D eigenvalue weighted by atomic mass is 16.1. The number of anilines is 1. The van der Waals surface area contributed by atoms with Crippen molar-refractivity contribution in [3.8, 4) is 17.3 Å². The molecule has 28 heavy (non-hydrogen) atoms. The van der Waals surface area contributed by atoms with Crippen molar-refractivity contribution >= 4 is 17.5 Å². The molecule has 0 bridgehead atoms. The van der Waals surface area contributed by atoms with E-state index in [1.807, 2.05) is 32.3 Å². The first-order chi connectivity index (χ1) is 13.6. The lowest BCUT2D eigenvalue weighted by Gasteiger charge is -2.09. The highest BCUT2D eigenvalue weighted by molar-refractivity contribution is 6.11. The second-order valence-corrected chi connectivity index (χ2v) is 6.41. The van der Waals surface area contributed by atoms with Crippen LogP contribution >= 0.6 is 0 Å². The van der Waals surface area contributed by atoms with E-state index in [1.165, 1.54) is 0 Å². The average Bonchev–Trinajstić information content (AvgIpc) is 3.12. The van der Waals surface area contributed by atoms with E-state index in [0.717, 1.165) is 5.56 Å². The minimum absolute atomic E-state index is 0.173. The Balaban J connectivity index is 1.96. The van der Waals surface area contributed by atoms with Crippen LogP contribution in [0.15, 0.2) is 60.9 Å². The van der Waals surface area contributed by atoms with Crippen LogP contribution in [0.25, 0.3) is 17.0 Å². The van der Waals surface area contributed by atoms with E-state index in [4.69, 9.17) is 5.26 Å². The van der Waals surface area contributed by atoms with Crippen molar-refractivity contribution < 1.29 is 4.79 Å². The molecule has 136 valence electrons. The topological polar surface area (TPSA) is 87.2 Å². The van der Waals surface area contributed by atoms with Crippen LogP contribution in [0.1, 0.15) is 21.6 Å². The van der Waals surface area contributed by atoms with Crippen LogP contribution in [0, 0.1) is 11.3 Å². The number of fused-ring (bicyclic) bond motifs is 1. The quantitative estimate of drug-likeness (QED) is 0.515. The SMILES string of the molecule is CN(C)c1ncn2c(C(=O)c3ccccc3)c(-c3ccc(C#N)cc3)nc2n1. The van der Waals surface area contributed by atoms with Gasteiger partial charge in [-0.2, -0.15) is 10.2 Å². The third-order valence-corrected chi connectivity index (χ3v) is 4.32. The van der Waals surface area contributed by atoms with Crippen LogP contribution in [-0.4, -0.2) is 39.2 Å². The molecule has 7 heteroatoms. The predicted molar refractivity (Wildman–Crippen MR) is 105 cm³/mol. The van der Waals surface area contributed by atoms with Crippen LogP contribution in [0.5, 0.6) is 0 Å². The van der Waals surface area contributed by atoms with Gasteiger partial charge in [0.2, 0.25) is 17.5 Å². The Morgan fingerprint density at radius 2 is 1.75 bits per heavy atom. The van der Waals surface area contributed by atoms with Gasteiger partial charge in [0.1, 0.15) is 17.7 Å². The number of hydrogen-bond acceptors (Lipinski definition) is 6. The Kier molecular flexibility index (Phi) is 4.30. The molecule has 0 N–H and O–H groups in total. The zero-order valence-electron chi connectivity index (χ0n) is 15.4. The zero-order chi connectivity index (χ0) is 19.7. The Morgan fingerprint density at radius 1 is 1.04 bits per heavy atom. The van der Waals surface area contributed by atoms with Gasteiger partial charge in [-0.1, -0.05) is 42.5 Å². The fourth-order valence-electron chi connectivity index (χ4n) is 2.90. The van der Waals surface area contributed by atoms with Crippen molar-refractivity contribution in [2.45, 2.75) is 0 Å². The molecule has 4 rings (SSSR count). The summed E-state index contributed by atoms with van der Waals surface area (Å²) in [4.78, 5) is 28.4. The van der Waals surface area contributed by atoms with Crippen LogP contribution in [0.2, 0.25) is 0 Å². The van der Waals surface area contributed by atoms with Gasteiger partial charge in [-0.25, -0.2) is 9.97 Å². The van der Waals surface area contributed by atoms with Gasteiger partial charge in [0, 0.05) is 25.2 Å². The summed E-state index contributed by atoms with van der Waals surface area (Å²) in [6, 6.07) is 18.1. The lowest BCUT2D eigenvalue weighted by atomic mass is 10.0. The van der Waals surface area contributed by atoms with E-state index in [-0.39, 0.29) is 5.78 Å². The standard InChI is InChI=1S/C21H16N6O/c1-26(2)20-23-13-27-18(19(28)16-6-4-3-5-7-16)17(24-21(27)25-20)15-10-8-14(12-22)9-11-15/h3-11,13H,1-2H3. The number of rotatable bonds is 4. The van der Waals surface area contributed by atoms with Crippen molar-refractivity contribution in [2.75, 3.05) is 19.0 Å². The Bertz CT molecular complexity index is 1200. The van der Waals surface area contributed by atoms with E-state index < -0.39 is 0 Å². The van der Waals surface area contributed by atoms with E-state index in [1.54, 1.807) is 52.0 Å². The van der Waals surface area contributed by atoms with Gasteiger partial charge >= 0.3 is 0 Å². The summed E-state index contributed by atoms with van der Waals surface area (Å²) in [5, 5.41) is 9.04. The molecular weight excluding hydrogens is 352 g/mol. The molecule has 0 saturated heterocycles. The van der Waals surface area contributed by atoms with E-state index >= 15 is 0 Å².